The van der Waals surface area contributed by atoms with Crippen molar-refractivity contribution in [2.45, 2.75) is 39.3 Å². The van der Waals surface area contributed by atoms with Crippen molar-refractivity contribution in [3.63, 3.8) is 0 Å². The number of esters is 1. The van der Waals surface area contributed by atoms with Gasteiger partial charge in [-0.25, -0.2) is 0 Å². The van der Waals surface area contributed by atoms with Crippen molar-refractivity contribution in [2.24, 2.45) is 5.92 Å². The summed E-state index contributed by atoms with van der Waals surface area (Å²) in [7, 11) is 0. The molecule has 0 bridgehead atoms. The molecule has 1 unspecified atom stereocenters. The van der Waals surface area contributed by atoms with Crippen LogP contribution >= 0.6 is 0 Å². The quantitative estimate of drug-likeness (QED) is 0.517. The maximum atomic E-state index is 11.8. The summed E-state index contributed by atoms with van der Waals surface area (Å²) < 4.78 is 40.2. The van der Waals surface area contributed by atoms with Gasteiger partial charge in [-0.2, -0.15) is 13.2 Å². The van der Waals surface area contributed by atoms with Crippen molar-refractivity contribution in [1.82, 2.24) is 0 Å². The zero-order valence-electron chi connectivity index (χ0n) is 8.36. The molecule has 0 aliphatic carbocycles. The molecule has 2 nitrogen and oxygen atoms in total. The van der Waals surface area contributed by atoms with Crippen LogP contribution in [0.4, 0.5) is 13.2 Å². The molecule has 0 aliphatic rings. The number of rotatable bonds is 5. The van der Waals surface area contributed by atoms with Crippen LogP contribution in [0.1, 0.15) is 33.1 Å². The summed E-state index contributed by atoms with van der Waals surface area (Å²) in [5.41, 5.74) is 0. The summed E-state index contributed by atoms with van der Waals surface area (Å²) in [4.78, 5) is 11.0. The van der Waals surface area contributed by atoms with E-state index in [-0.39, 0.29) is 6.61 Å². The lowest BCUT2D eigenvalue weighted by Crippen LogP contribution is -2.22. The van der Waals surface area contributed by atoms with Crippen LogP contribution in [0, 0.1) is 5.92 Å². The first kappa shape index (κ1) is 13.3. The number of unbranched alkanes of at least 4 members (excludes halogenated alkanes) is 1. The van der Waals surface area contributed by atoms with Gasteiger partial charge in [-0.1, -0.05) is 20.3 Å². The van der Waals surface area contributed by atoms with Crippen LogP contribution in [0.3, 0.4) is 0 Å². The number of carbonyl (C=O) groups excluding carboxylic acids is 1. The molecular formula is C9H15F3O2. The van der Waals surface area contributed by atoms with Gasteiger partial charge in [0.25, 0.3) is 0 Å². The molecule has 14 heavy (non-hydrogen) atoms. The summed E-state index contributed by atoms with van der Waals surface area (Å²) >= 11 is 0. The Bertz CT molecular complexity index is 177. The Morgan fingerprint density at radius 1 is 1.43 bits per heavy atom. The normalized spacial score (nSPS) is 13.8. The van der Waals surface area contributed by atoms with E-state index in [1.165, 1.54) is 6.92 Å². The number of hydrogen-bond donors (Lipinski definition) is 0. The maximum Gasteiger partial charge on any atom is 0.389 e. The molecule has 0 aromatic rings. The molecule has 84 valence electrons. The van der Waals surface area contributed by atoms with Gasteiger partial charge >= 0.3 is 12.1 Å². The first-order valence-electron chi connectivity index (χ1n) is 4.60. The van der Waals surface area contributed by atoms with Gasteiger partial charge in [-0.15, -0.1) is 0 Å². The Balaban J connectivity index is 3.77. The molecule has 0 saturated carbocycles. The zero-order valence-corrected chi connectivity index (χ0v) is 8.36. The van der Waals surface area contributed by atoms with Crippen molar-refractivity contribution in [3.8, 4) is 0 Å². The molecule has 0 aliphatic heterocycles. The van der Waals surface area contributed by atoms with Crippen LogP contribution in [0.2, 0.25) is 0 Å². The van der Waals surface area contributed by atoms with E-state index in [1.807, 2.05) is 6.92 Å². The first-order chi connectivity index (χ1) is 6.37. The highest BCUT2D eigenvalue weighted by atomic mass is 19.4. The second-order valence-electron chi connectivity index (χ2n) is 3.24. The average molecular weight is 212 g/mol. The summed E-state index contributed by atoms with van der Waals surface area (Å²) in [5, 5.41) is 0. The minimum Gasteiger partial charge on any atom is -0.465 e. The number of hydrogen-bond acceptors (Lipinski definition) is 2. The van der Waals surface area contributed by atoms with Crippen molar-refractivity contribution >= 4 is 5.97 Å². The molecule has 0 saturated heterocycles. The molecular weight excluding hydrogens is 197 g/mol. The Kier molecular flexibility index (Phi) is 5.57. The lowest BCUT2D eigenvalue weighted by Gasteiger charge is -2.12. The molecule has 0 spiro atoms. The molecule has 0 N–H and O–H groups in total. The van der Waals surface area contributed by atoms with Crippen LogP contribution in [0.25, 0.3) is 0 Å². The van der Waals surface area contributed by atoms with E-state index in [9.17, 15) is 18.0 Å². The van der Waals surface area contributed by atoms with Crippen molar-refractivity contribution in [1.29, 1.82) is 0 Å². The van der Waals surface area contributed by atoms with Gasteiger partial charge in [0.1, 0.15) is 0 Å². The van der Waals surface area contributed by atoms with Gasteiger partial charge in [0, 0.05) is 0 Å². The van der Waals surface area contributed by atoms with E-state index >= 15 is 0 Å². The number of carbonyl (C=O) groups is 1. The second kappa shape index (κ2) is 5.88. The van der Waals surface area contributed by atoms with Crippen LogP contribution in [-0.2, 0) is 9.53 Å². The highest BCUT2D eigenvalue weighted by Crippen LogP contribution is 2.25. The summed E-state index contributed by atoms with van der Waals surface area (Å²) in [6.45, 7) is 3.34. The highest BCUT2D eigenvalue weighted by Gasteiger charge is 2.33. The summed E-state index contributed by atoms with van der Waals surface area (Å²) in [5.74, 6) is -1.87. The zero-order chi connectivity index (χ0) is 11.2. The number of alkyl halides is 3. The van der Waals surface area contributed by atoms with E-state index in [0.29, 0.717) is 6.42 Å². The fourth-order valence-corrected chi connectivity index (χ4v) is 0.890. The molecule has 0 heterocycles. The van der Waals surface area contributed by atoms with Crippen LogP contribution in [-0.4, -0.2) is 18.8 Å². The summed E-state index contributed by atoms with van der Waals surface area (Å²) in [6.07, 6.45) is -3.88. The number of ether oxygens (including phenoxy) is 1. The van der Waals surface area contributed by atoms with Crippen molar-refractivity contribution in [3.05, 3.63) is 0 Å². The van der Waals surface area contributed by atoms with Gasteiger partial charge in [-0.05, 0) is 6.42 Å². The molecule has 0 radical (unpaired) electrons. The third-order valence-electron chi connectivity index (χ3n) is 1.68. The lowest BCUT2D eigenvalue weighted by atomic mass is 10.1. The minimum atomic E-state index is -4.30. The monoisotopic (exact) mass is 212 g/mol. The molecule has 0 amide bonds. The predicted octanol–water partition coefficient (Wildman–Crippen LogP) is 2.92. The smallest absolute Gasteiger partial charge is 0.389 e. The highest BCUT2D eigenvalue weighted by molar-refractivity contribution is 5.71. The molecule has 5 heteroatoms. The largest absolute Gasteiger partial charge is 0.465 e. The minimum absolute atomic E-state index is 0.206. The molecule has 0 rings (SSSR count). The summed E-state index contributed by atoms with van der Waals surface area (Å²) in [6, 6.07) is 0. The second-order valence-corrected chi connectivity index (χ2v) is 3.24. The first-order valence-corrected chi connectivity index (χ1v) is 4.60. The maximum absolute atomic E-state index is 11.8. The van der Waals surface area contributed by atoms with Gasteiger partial charge < -0.3 is 4.74 Å². The Hall–Kier alpha value is -0.740. The van der Waals surface area contributed by atoms with Gasteiger partial charge in [-0.3, -0.25) is 4.79 Å². The number of halogens is 3. The van der Waals surface area contributed by atoms with Gasteiger partial charge in [0.2, 0.25) is 0 Å². The fourth-order valence-electron chi connectivity index (χ4n) is 0.890. The van der Waals surface area contributed by atoms with Gasteiger partial charge in [0.15, 0.2) is 0 Å². The lowest BCUT2D eigenvalue weighted by molar-refractivity contribution is -0.166. The van der Waals surface area contributed by atoms with Crippen LogP contribution in [0.15, 0.2) is 0 Å². The Labute approximate surface area is 81.4 Å². The van der Waals surface area contributed by atoms with Crippen molar-refractivity contribution < 1.29 is 22.7 Å². The van der Waals surface area contributed by atoms with Crippen molar-refractivity contribution in [2.75, 3.05) is 6.61 Å². The fraction of sp³-hybridized carbons (Fsp3) is 0.889. The van der Waals surface area contributed by atoms with E-state index in [4.69, 9.17) is 0 Å². The van der Waals surface area contributed by atoms with E-state index in [1.54, 1.807) is 0 Å². The van der Waals surface area contributed by atoms with E-state index in [2.05, 4.69) is 4.74 Å². The Morgan fingerprint density at radius 2 is 2.00 bits per heavy atom. The topological polar surface area (TPSA) is 26.3 Å². The third-order valence-corrected chi connectivity index (χ3v) is 1.68. The van der Waals surface area contributed by atoms with E-state index < -0.39 is 24.5 Å². The molecule has 0 fully saturated rings. The van der Waals surface area contributed by atoms with Gasteiger partial charge in [0.05, 0.1) is 18.9 Å². The molecule has 0 aromatic heterocycles. The predicted molar refractivity (Wildman–Crippen MR) is 45.7 cm³/mol. The standard InChI is InChI=1S/C9H15F3O2/c1-3-4-5-14-8(13)7(2)6-9(10,11)12/h7H,3-6H2,1-2H3. The Morgan fingerprint density at radius 3 is 2.43 bits per heavy atom. The van der Waals surface area contributed by atoms with Crippen LogP contribution < -0.4 is 0 Å². The molecule has 1 atom stereocenters. The third kappa shape index (κ3) is 6.74. The molecule has 0 aromatic carbocycles. The average Bonchev–Trinajstić information content (AvgIpc) is 2.01. The van der Waals surface area contributed by atoms with Crippen LogP contribution in [0.5, 0.6) is 0 Å². The van der Waals surface area contributed by atoms with E-state index in [0.717, 1.165) is 6.42 Å². The SMILES string of the molecule is CCCCOC(=O)C(C)CC(F)(F)F.